The maximum Gasteiger partial charge on any atom is 0.208 e. The molecule has 0 spiro atoms. The number of nitrogens with zero attached hydrogens (tertiary/aromatic N) is 4. The minimum Gasteiger partial charge on any atom is -0.340 e. The van der Waals surface area contributed by atoms with Crippen molar-refractivity contribution < 1.29 is 0 Å². The van der Waals surface area contributed by atoms with Crippen LogP contribution in [0, 0.1) is 0 Å². The first-order valence-corrected chi connectivity index (χ1v) is 8.20. The largest absolute Gasteiger partial charge is 0.340 e. The van der Waals surface area contributed by atoms with E-state index in [1.54, 1.807) is 6.20 Å². The van der Waals surface area contributed by atoms with Gasteiger partial charge in [-0.05, 0) is 29.8 Å². The Morgan fingerprint density at radius 3 is 2.58 bits per heavy atom. The summed E-state index contributed by atoms with van der Waals surface area (Å²) < 4.78 is 2.25. The van der Waals surface area contributed by atoms with Gasteiger partial charge in [-0.1, -0.05) is 31.2 Å². The van der Waals surface area contributed by atoms with Gasteiger partial charge in [-0.3, -0.25) is 0 Å². The summed E-state index contributed by atoms with van der Waals surface area (Å²) in [6.45, 7) is 4.65. The zero-order chi connectivity index (χ0) is 15.6. The van der Waals surface area contributed by atoms with Gasteiger partial charge in [-0.15, -0.1) is 0 Å². The second kappa shape index (κ2) is 7.20. The summed E-state index contributed by atoms with van der Waals surface area (Å²) in [7, 11) is 0. The minimum atomic E-state index is 0. The summed E-state index contributed by atoms with van der Waals surface area (Å²) in [5.41, 5.74) is 3.07. The van der Waals surface area contributed by atoms with Crippen molar-refractivity contribution in [1.82, 2.24) is 19.9 Å². The third kappa shape index (κ3) is 3.23. The number of imidazole rings is 1. The number of rotatable bonds is 3. The van der Waals surface area contributed by atoms with Gasteiger partial charge in [0.15, 0.2) is 5.65 Å². The average Bonchev–Trinajstić information content (AvgIpc) is 2.96. The zero-order valence-electron chi connectivity index (χ0n) is 12.7. The Bertz CT molecular complexity index is 806. The number of pyridine rings is 1. The molecule has 3 aromatic rings. The molecule has 0 amide bonds. The van der Waals surface area contributed by atoms with E-state index in [2.05, 4.69) is 38.0 Å². The highest BCUT2D eigenvalue weighted by Crippen LogP contribution is 2.23. The van der Waals surface area contributed by atoms with Crippen molar-refractivity contribution in [2.24, 2.45) is 0 Å². The Hall–Kier alpha value is -2.11. The second-order valence-electron chi connectivity index (χ2n) is 5.71. The Labute approximate surface area is 147 Å². The second-order valence-corrected chi connectivity index (χ2v) is 6.14. The van der Waals surface area contributed by atoms with Gasteiger partial charge >= 0.3 is 0 Å². The van der Waals surface area contributed by atoms with Gasteiger partial charge in [-0.2, -0.15) is 4.98 Å². The summed E-state index contributed by atoms with van der Waals surface area (Å²) in [5.74, 6) is 0.996. The van der Waals surface area contributed by atoms with Gasteiger partial charge < -0.3 is 14.8 Å². The van der Waals surface area contributed by atoms with E-state index in [0.717, 1.165) is 54.9 Å². The van der Waals surface area contributed by atoms with Gasteiger partial charge in [-0.25, -0.2) is 4.98 Å². The molecular weight excluding hydrogens is 322 g/mol. The van der Waals surface area contributed by atoms with Crippen LogP contribution in [0.15, 0.2) is 42.6 Å². The fourth-order valence-corrected chi connectivity index (χ4v) is 3.11. The molecule has 1 aromatic carbocycles. The van der Waals surface area contributed by atoms with Crippen LogP contribution in [-0.2, 0) is 6.54 Å². The third-order valence-electron chi connectivity index (χ3n) is 4.16. The molecule has 1 aliphatic rings. The highest BCUT2D eigenvalue weighted by molar-refractivity contribution is 6.30. The van der Waals surface area contributed by atoms with Gasteiger partial charge in [0.25, 0.3) is 0 Å². The molecule has 1 fully saturated rings. The number of halogens is 1. The number of hydrogen-bond acceptors (Lipinski definition) is 4. The van der Waals surface area contributed by atoms with E-state index in [4.69, 9.17) is 16.6 Å². The van der Waals surface area contributed by atoms with Crippen LogP contribution >= 0.6 is 11.6 Å². The lowest BCUT2D eigenvalue weighted by Crippen LogP contribution is -2.44. The smallest absolute Gasteiger partial charge is 0.208 e. The SMILES string of the molecule is C.Clc1ccc(Cn2c(N3CCNCC3)nc3ncccc32)cc1. The lowest BCUT2D eigenvalue weighted by molar-refractivity contribution is 0.571. The molecule has 5 nitrogen and oxygen atoms in total. The third-order valence-corrected chi connectivity index (χ3v) is 4.41. The molecule has 2 aromatic heterocycles. The lowest BCUT2D eigenvalue weighted by Gasteiger charge is -2.28. The lowest BCUT2D eigenvalue weighted by atomic mass is 10.2. The van der Waals surface area contributed by atoms with Crippen LogP contribution in [0.25, 0.3) is 11.2 Å². The Balaban J connectivity index is 0.00000169. The maximum absolute atomic E-state index is 6.00. The first-order chi connectivity index (χ1) is 11.3. The fraction of sp³-hybridized carbons (Fsp3) is 0.333. The van der Waals surface area contributed by atoms with Crippen molar-refractivity contribution in [3.63, 3.8) is 0 Å². The van der Waals surface area contributed by atoms with E-state index in [1.807, 2.05) is 18.2 Å². The van der Waals surface area contributed by atoms with E-state index < -0.39 is 0 Å². The fourth-order valence-electron chi connectivity index (χ4n) is 2.98. The molecule has 0 unspecified atom stereocenters. The molecule has 1 aliphatic heterocycles. The van der Waals surface area contributed by atoms with E-state index in [1.165, 1.54) is 5.56 Å². The van der Waals surface area contributed by atoms with Gasteiger partial charge in [0.1, 0.15) is 0 Å². The van der Waals surface area contributed by atoms with Crippen molar-refractivity contribution in [2.45, 2.75) is 14.0 Å². The molecule has 4 rings (SSSR count). The average molecular weight is 344 g/mol. The number of anilines is 1. The monoisotopic (exact) mass is 343 g/mol. The molecule has 0 radical (unpaired) electrons. The molecule has 1 saturated heterocycles. The predicted molar refractivity (Wildman–Crippen MR) is 99.9 cm³/mol. The predicted octanol–water partition coefficient (Wildman–Crippen LogP) is 3.18. The first-order valence-electron chi connectivity index (χ1n) is 7.82. The highest BCUT2D eigenvalue weighted by Gasteiger charge is 2.19. The van der Waals surface area contributed by atoms with E-state index in [0.29, 0.717) is 0 Å². The zero-order valence-corrected chi connectivity index (χ0v) is 13.5. The Kier molecular flexibility index (Phi) is 5.02. The Morgan fingerprint density at radius 2 is 1.83 bits per heavy atom. The molecule has 1 N–H and O–H groups in total. The van der Waals surface area contributed by atoms with Crippen LogP contribution in [-0.4, -0.2) is 40.7 Å². The first kappa shape index (κ1) is 16.7. The highest BCUT2D eigenvalue weighted by atomic mass is 35.5. The normalized spacial score (nSPS) is 14.6. The maximum atomic E-state index is 6.00. The van der Waals surface area contributed by atoms with Crippen molar-refractivity contribution in [1.29, 1.82) is 0 Å². The van der Waals surface area contributed by atoms with Gasteiger partial charge in [0.2, 0.25) is 5.95 Å². The number of hydrogen-bond donors (Lipinski definition) is 1. The molecule has 0 aliphatic carbocycles. The summed E-state index contributed by atoms with van der Waals surface area (Å²) >= 11 is 6.00. The van der Waals surface area contributed by atoms with E-state index >= 15 is 0 Å². The van der Waals surface area contributed by atoms with Crippen LogP contribution in [0.4, 0.5) is 5.95 Å². The number of aromatic nitrogens is 3. The van der Waals surface area contributed by atoms with Gasteiger partial charge in [0.05, 0.1) is 12.1 Å². The summed E-state index contributed by atoms with van der Waals surface area (Å²) in [4.78, 5) is 11.5. The molecule has 24 heavy (non-hydrogen) atoms. The number of piperazine rings is 1. The molecule has 6 heteroatoms. The quantitative estimate of drug-likeness (QED) is 0.793. The number of benzene rings is 1. The van der Waals surface area contributed by atoms with Crippen LogP contribution in [0.3, 0.4) is 0 Å². The standard InChI is InChI=1S/C17H18ClN5.CH4/c18-14-5-3-13(4-6-14)12-23-15-2-1-7-20-16(15)21-17(23)22-10-8-19-9-11-22;/h1-7,19H,8-12H2;1H4. The molecular formula is C18H22ClN5. The van der Waals surface area contributed by atoms with Crippen molar-refractivity contribution in [3.05, 3.63) is 53.2 Å². The van der Waals surface area contributed by atoms with Gasteiger partial charge in [0, 0.05) is 37.4 Å². The Morgan fingerprint density at radius 1 is 1.08 bits per heavy atom. The van der Waals surface area contributed by atoms with Crippen molar-refractivity contribution in [2.75, 3.05) is 31.1 Å². The molecule has 3 heterocycles. The molecule has 0 saturated carbocycles. The molecule has 0 atom stereocenters. The topological polar surface area (TPSA) is 46.0 Å². The summed E-state index contributed by atoms with van der Waals surface area (Å²) in [6.07, 6.45) is 1.80. The summed E-state index contributed by atoms with van der Waals surface area (Å²) in [5, 5.41) is 4.14. The van der Waals surface area contributed by atoms with E-state index in [-0.39, 0.29) is 7.43 Å². The van der Waals surface area contributed by atoms with Crippen LogP contribution < -0.4 is 10.2 Å². The summed E-state index contributed by atoms with van der Waals surface area (Å²) in [6, 6.07) is 12.0. The number of fused-ring (bicyclic) bond motifs is 1. The van der Waals surface area contributed by atoms with Crippen LogP contribution in [0.1, 0.15) is 13.0 Å². The molecule has 0 bridgehead atoms. The van der Waals surface area contributed by atoms with Crippen LogP contribution in [0.2, 0.25) is 5.02 Å². The number of nitrogens with one attached hydrogen (secondary N) is 1. The van der Waals surface area contributed by atoms with E-state index in [9.17, 15) is 0 Å². The minimum absolute atomic E-state index is 0. The molecule has 126 valence electrons. The van der Waals surface area contributed by atoms with Crippen LogP contribution in [0.5, 0.6) is 0 Å². The van der Waals surface area contributed by atoms with Crippen molar-refractivity contribution in [3.8, 4) is 0 Å². The van der Waals surface area contributed by atoms with Crippen molar-refractivity contribution >= 4 is 28.7 Å².